The molecule has 0 fully saturated rings. The summed E-state index contributed by atoms with van der Waals surface area (Å²) in [5.74, 6) is 0. The van der Waals surface area contributed by atoms with E-state index >= 15 is 0 Å². The van der Waals surface area contributed by atoms with Crippen LogP contribution in [0.1, 0.15) is 0 Å². The fourth-order valence-electron chi connectivity index (χ4n) is 0. The summed E-state index contributed by atoms with van der Waals surface area (Å²) in [5, 5.41) is 0. The summed E-state index contributed by atoms with van der Waals surface area (Å²) >= 11 is 14.8. The maximum Gasteiger partial charge on any atom is 0.304 e. The predicted octanol–water partition coefficient (Wildman–Crippen LogP) is 2.28. The highest BCUT2D eigenvalue weighted by atomic mass is 35.7. The molecule has 0 heterocycles. The van der Waals surface area contributed by atoms with Gasteiger partial charge in [-0.2, -0.15) is 0 Å². The molecular formula is CH2Cl2PS+. The number of hydrogen-bond donors (Lipinski definition) is 0. The first-order valence-corrected chi connectivity index (χ1v) is 4.91. The first kappa shape index (κ1) is 6.10. The van der Waals surface area contributed by atoms with Crippen molar-refractivity contribution < 1.29 is 0 Å². The van der Waals surface area contributed by atoms with Gasteiger partial charge in [-0.3, -0.25) is 0 Å². The lowest BCUT2D eigenvalue weighted by Gasteiger charge is -1.53. The van der Waals surface area contributed by atoms with Crippen molar-refractivity contribution >= 4 is 40.7 Å². The summed E-state index contributed by atoms with van der Waals surface area (Å²) in [6.45, 7) is 0. The van der Waals surface area contributed by atoms with Gasteiger partial charge in [0, 0.05) is 0 Å². The minimum absolute atomic E-state index is 0.423. The third kappa shape index (κ3) is 5.10. The lowest BCUT2D eigenvalue weighted by Crippen LogP contribution is -1.39. The highest BCUT2D eigenvalue weighted by Crippen LogP contribution is 2.26. The van der Waals surface area contributed by atoms with Gasteiger partial charge in [0.25, 0.3) is 0 Å². The van der Waals surface area contributed by atoms with Crippen LogP contribution < -0.4 is 0 Å². The minimum atomic E-state index is -0.777. The number of halogens is 2. The average molecular weight is 148 g/mol. The predicted molar refractivity (Wildman–Crippen MR) is 30.9 cm³/mol. The van der Waals surface area contributed by atoms with E-state index in [1.165, 1.54) is 0 Å². The molecule has 5 heavy (non-hydrogen) atoms. The quantitative estimate of drug-likeness (QED) is 0.406. The van der Waals surface area contributed by atoms with Crippen LogP contribution in [0.2, 0.25) is 0 Å². The number of alkyl halides is 1. The second-order valence-corrected chi connectivity index (χ2v) is 5.18. The Bertz CT molecular complexity index is 44.9. The molecule has 0 nitrogen and oxygen atoms in total. The maximum absolute atomic E-state index is 5.21. The fraction of sp³-hybridized carbons (Fsp3) is 1.00. The zero-order chi connectivity index (χ0) is 4.28. The van der Waals surface area contributed by atoms with E-state index in [4.69, 9.17) is 22.8 Å². The van der Waals surface area contributed by atoms with Crippen LogP contribution in [0.4, 0.5) is 0 Å². The average Bonchev–Trinajstić information content (AvgIpc) is 1.38. The van der Waals surface area contributed by atoms with Crippen molar-refractivity contribution in [3.05, 3.63) is 0 Å². The highest BCUT2D eigenvalue weighted by Gasteiger charge is 1.95. The van der Waals surface area contributed by atoms with Crippen molar-refractivity contribution in [2.75, 3.05) is 5.62 Å². The standard InChI is InChI=1S/CH2Cl2PS/c2-1-4(3)5/h1H2/q+1. The van der Waals surface area contributed by atoms with Gasteiger partial charge in [0.05, 0.1) is 0 Å². The first-order valence-electron chi connectivity index (χ1n) is 0.935. The molecule has 4 heteroatoms. The summed E-state index contributed by atoms with van der Waals surface area (Å²) in [5.41, 5.74) is 0.423. The Morgan fingerprint density at radius 2 is 2.00 bits per heavy atom. The van der Waals surface area contributed by atoms with E-state index in [0.29, 0.717) is 5.62 Å². The Morgan fingerprint density at radius 1 is 1.80 bits per heavy atom. The summed E-state index contributed by atoms with van der Waals surface area (Å²) in [4.78, 5) is 0. The van der Waals surface area contributed by atoms with E-state index in [0.717, 1.165) is 0 Å². The summed E-state index contributed by atoms with van der Waals surface area (Å²) in [6, 6.07) is -0.777. The van der Waals surface area contributed by atoms with Crippen molar-refractivity contribution in [3.8, 4) is 0 Å². The van der Waals surface area contributed by atoms with Gasteiger partial charge in [0.2, 0.25) is 5.62 Å². The lowest BCUT2D eigenvalue weighted by molar-refractivity contribution is 2.24. The van der Waals surface area contributed by atoms with E-state index < -0.39 is 6.05 Å². The van der Waals surface area contributed by atoms with Crippen LogP contribution in [0, 0.1) is 0 Å². The van der Waals surface area contributed by atoms with Crippen molar-refractivity contribution in [1.29, 1.82) is 0 Å². The zero-order valence-electron chi connectivity index (χ0n) is 2.32. The molecule has 0 bridgehead atoms. The Morgan fingerprint density at radius 3 is 2.00 bits per heavy atom. The molecule has 0 N–H and O–H groups in total. The lowest BCUT2D eigenvalue weighted by atomic mass is 11.9. The molecule has 1 unspecified atom stereocenters. The van der Waals surface area contributed by atoms with Crippen LogP contribution in [0.5, 0.6) is 0 Å². The number of hydrogen-bond acceptors (Lipinski definition) is 1. The molecule has 1 atom stereocenters. The molecule has 0 amide bonds. The second kappa shape index (κ2) is 3.30. The van der Waals surface area contributed by atoms with Gasteiger partial charge >= 0.3 is 6.05 Å². The van der Waals surface area contributed by atoms with Gasteiger partial charge in [0.15, 0.2) is 23.0 Å². The van der Waals surface area contributed by atoms with Crippen LogP contribution in [0.25, 0.3) is 0 Å². The molecule has 0 aromatic carbocycles. The van der Waals surface area contributed by atoms with Crippen LogP contribution >= 0.6 is 28.9 Å². The largest absolute Gasteiger partial charge is 0.304 e. The van der Waals surface area contributed by atoms with Crippen molar-refractivity contribution in [1.82, 2.24) is 0 Å². The van der Waals surface area contributed by atoms with Gasteiger partial charge in [-0.05, 0) is 0 Å². The van der Waals surface area contributed by atoms with E-state index in [1.807, 2.05) is 0 Å². The molecular weight excluding hydrogens is 146 g/mol. The van der Waals surface area contributed by atoms with Crippen LogP contribution in [-0.2, 0) is 11.8 Å². The van der Waals surface area contributed by atoms with E-state index in [9.17, 15) is 0 Å². The van der Waals surface area contributed by atoms with Gasteiger partial charge in [0.1, 0.15) is 0 Å². The van der Waals surface area contributed by atoms with E-state index in [2.05, 4.69) is 11.8 Å². The zero-order valence-corrected chi connectivity index (χ0v) is 5.54. The summed E-state index contributed by atoms with van der Waals surface area (Å²) in [6.07, 6.45) is 0. The molecule has 0 aliphatic heterocycles. The van der Waals surface area contributed by atoms with Gasteiger partial charge in [-0.25, -0.2) is 0 Å². The second-order valence-electron chi connectivity index (χ2n) is 0.437. The van der Waals surface area contributed by atoms with Gasteiger partial charge < -0.3 is 0 Å². The first-order chi connectivity index (χ1) is 2.27. The monoisotopic (exact) mass is 147 g/mol. The third-order valence-corrected chi connectivity index (χ3v) is 2.54. The van der Waals surface area contributed by atoms with Crippen LogP contribution in [0.3, 0.4) is 0 Å². The Labute approximate surface area is 46.7 Å². The van der Waals surface area contributed by atoms with Gasteiger partial charge in [-0.1, -0.05) is 11.6 Å². The Hall–Kier alpha value is 1.10. The fourth-order valence-corrected chi connectivity index (χ4v) is 0. The summed E-state index contributed by atoms with van der Waals surface area (Å²) < 4.78 is 0. The third-order valence-electron chi connectivity index (χ3n) is 0.0940. The topological polar surface area (TPSA) is 0 Å². The van der Waals surface area contributed by atoms with Crippen molar-refractivity contribution in [3.63, 3.8) is 0 Å². The molecule has 0 saturated heterocycles. The molecule has 0 aliphatic carbocycles. The van der Waals surface area contributed by atoms with Crippen molar-refractivity contribution in [2.24, 2.45) is 0 Å². The maximum atomic E-state index is 5.21. The molecule has 0 radical (unpaired) electrons. The summed E-state index contributed by atoms with van der Waals surface area (Å²) in [7, 11) is 0. The van der Waals surface area contributed by atoms with Crippen molar-refractivity contribution in [2.45, 2.75) is 0 Å². The Kier molecular flexibility index (Phi) is 4.02. The molecule has 30 valence electrons. The normalized spacial score (nSPS) is 11.2. The van der Waals surface area contributed by atoms with E-state index in [1.54, 1.807) is 0 Å². The number of rotatable bonds is 1. The molecule has 0 aromatic heterocycles. The van der Waals surface area contributed by atoms with E-state index in [-0.39, 0.29) is 0 Å². The Balaban J connectivity index is 2.85. The van der Waals surface area contributed by atoms with Gasteiger partial charge in [-0.15, -0.1) is 0 Å². The highest BCUT2D eigenvalue weighted by molar-refractivity contribution is 8.17. The molecule has 0 rings (SSSR count). The smallest absolute Gasteiger partial charge is 0.0709 e. The molecule has 0 spiro atoms. The molecule has 0 aromatic rings. The molecule has 0 saturated carbocycles. The SMILES string of the molecule is S=[P+](Cl)CCl. The van der Waals surface area contributed by atoms with Crippen LogP contribution in [-0.4, -0.2) is 5.62 Å². The minimum Gasteiger partial charge on any atom is -0.0709 e. The van der Waals surface area contributed by atoms with Crippen LogP contribution in [0.15, 0.2) is 0 Å². The molecule has 0 aliphatic rings.